The number of morpholine rings is 1. The van der Waals surface area contributed by atoms with Crippen LogP contribution in [-0.4, -0.2) is 78.2 Å². The molecule has 1 aromatic carbocycles. The highest BCUT2D eigenvalue weighted by atomic mass is 32.1. The zero-order valence-electron chi connectivity index (χ0n) is 19.0. The summed E-state index contributed by atoms with van der Waals surface area (Å²) in [6.07, 6.45) is 0. The zero-order chi connectivity index (χ0) is 22.8. The molecule has 0 bridgehead atoms. The highest BCUT2D eigenvalue weighted by molar-refractivity contribution is 7.17. The van der Waals surface area contributed by atoms with E-state index in [4.69, 9.17) is 9.72 Å². The number of carbonyl (C=O) groups is 1. The summed E-state index contributed by atoms with van der Waals surface area (Å²) in [7, 11) is 0. The average Bonchev–Trinajstić information content (AvgIpc) is 3.26. The van der Waals surface area contributed by atoms with Crippen molar-refractivity contribution in [3.8, 4) is 10.6 Å². The maximum absolute atomic E-state index is 13.3. The predicted octanol–water partition coefficient (Wildman–Crippen LogP) is 3.02. The van der Waals surface area contributed by atoms with E-state index in [0.29, 0.717) is 26.3 Å². The van der Waals surface area contributed by atoms with E-state index >= 15 is 0 Å². The molecule has 4 heterocycles. The van der Waals surface area contributed by atoms with Gasteiger partial charge in [0.15, 0.2) is 0 Å². The number of anilines is 2. The van der Waals surface area contributed by atoms with Crippen molar-refractivity contribution in [1.82, 2.24) is 19.9 Å². The summed E-state index contributed by atoms with van der Waals surface area (Å²) in [5.41, 5.74) is 2.80. The van der Waals surface area contributed by atoms with Crippen molar-refractivity contribution in [3.63, 3.8) is 0 Å². The number of hydrogen-bond donors (Lipinski definition) is 0. The van der Waals surface area contributed by atoms with Gasteiger partial charge in [-0.1, -0.05) is 30.3 Å². The van der Waals surface area contributed by atoms with Gasteiger partial charge in [-0.3, -0.25) is 4.79 Å². The molecule has 0 aliphatic carbocycles. The van der Waals surface area contributed by atoms with Crippen LogP contribution in [0.2, 0.25) is 0 Å². The number of nitrogens with zero attached hydrogens (tertiary/aromatic N) is 6. The fourth-order valence-electron chi connectivity index (χ4n) is 4.18. The van der Waals surface area contributed by atoms with Crippen LogP contribution in [0.15, 0.2) is 36.4 Å². The van der Waals surface area contributed by atoms with Crippen LogP contribution in [0, 0.1) is 13.8 Å². The second-order valence-electron chi connectivity index (χ2n) is 8.35. The second kappa shape index (κ2) is 9.44. The Balaban J connectivity index is 1.26. The standard InChI is InChI=1S/C24H28N6O2S/c1-17-16-20(27-24(25-17)30-12-14-32-15-13-30)28-8-10-29(11-9-28)23(31)21-18(2)26-22(33-21)19-6-4-3-5-7-19/h3-7,16H,8-15H2,1-2H3. The molecule has 0 atom stereocenters. The lowest BCUT2D eigenvalue weighted by atomic mass is 10.2. The number of ether oxygens (including phenoxy) is 1. The Labute approximate surface area is 197 Å². The molecule has 2 saturated heterocycles. The Hall–Kier alpha value is -3.04. The molecule has 2 aromatic heterocycles. The maximum atomic E-state index is 13.3. The summed E-state index contributed by atoms with van der Waals surface area (Å²) < 4.78 is 5.45. The molecule has 5 rings (SSSR count). The first kappa shape index (κ1) is 21.8. The Kier molecular flexibility index (Phi) is 6.24. The third kappa shape index (κ3) is 4.69. The molecule has 2 aliphatic heterocycles. The number of rotatable bonds is 4. The number of hydrogen-bond acceptors (Lipinski definition) is 8. The van der Waals surface area contributed by atoms with Crippen molar-refractivity contribution in [2.75, 3.05) is 62.3 Å². The Morgan fingerprint density at radius 2 is 1.64 bits per heavy atom. The van der Waals surface area contributed by atoms with E-state index in [-0.39, 0.29) is 5.91 Å². The van der Waals surface area contributed by atoms with Crippen LogP contribution >= 0.6 is 11.3 Å². The first-order chi connectivity index (χ1) is 16.1. The molecular formula is C24H28N6O2S. The Bertz CT molecular complexity index is 1120. The monoisotopic (exact) mass is 464 g/mol. The molecule has 0 radical (unpaired) electrons. The van der Waals surface area contributed by atoms with Crippen LogP contribution in [0.1, 0.15) is 21.1 Å². The minimum absolute atomic E-state index is 0.0692. The van der Waals surface area contributed by atoms with E-state index in [9.17, 15) is 4.79 Å². The lowest BCUT2D eigenvalue weighted by Gasteiger charge is -2.36. The highest BCUT2D eigenvalue weighted by Gasteiger charge is 2.27. The molecule has 3 aromatic rings. The molecule has 1 amide bonds. The van der Waals surface area contributed by atoms with E-state index < -0.39 is 0 Å². The smallest absolute Gasteiger partial charge is 0.265 e. The fraction of sp³-hybridized carbons (Fsp3) is 0.417. The summed E-state index contributed by atoms with van der Waals surface area (Å²) in [5.74, 6) is 1.76. The van der Waals surface area contributed by atoms with Crippen LogP contribution in [-0.2, 0) is 4.74 Å². The molecule has 2 aliphatic rings. The average molecular weight is 465 g/mol. The van der Waals surface area contributed by atoms with Gasteiger partial charge >= 0.3 is 0 Å². The first-order valence-electron chi connectivity index (χ1n) is 11.3. The van der Waals surface area contributed by atoms with E-state index in [2.05, 4.69) is 19.8 Å². The third-order valence-corrected chi connectivity index (χ3v) is 7.22. The normalized spacial score (nSPS) is 16.8. The fourth-order valence-corrected chi connectivity index (χ4v) is 5.22. The number of aromatic nitrogens is 3. The van der Waals surface area contributed by atoms with Gasteiger partial charge in [-0.2, -0.15) is 4.98 Å². The van der Waals surface area contributed by atoms with Gasteiger partial charge in [-0.15, -0.1) is 11.3 Å². The molecule has 0 unspecified atom stereocenters. The lowest BCUT2D eigenvalue weighted by Crippen LogP contribution is -2.49. The van der Waals surface area contributed by atoms with Gasteiger partial charge in [0.25, 0.3) is 5.91 Å². The summed E-state index contributed by atoms with van der Waals surface area (Å²) in [4.78, 5) is 34.5. The van der Waals surface area contributed by atoms with Crippen molar-refractivity contribution in [2.24, 2.45) is 0 Å². The summed E-state index contributed by atoms with van der Waals surface area (Å²) in [5, 5.41) is 0.891. The molecule has 0 saturated carbocycles. The SMILES string of the molecule is Cc1cc(N2CCN(C(=O)c3sc(-c4ccccc4)nc3C)CC2)nc(N2CCOCC2)n1. The van der Waals surface area contributed by atoms with Gasteiger partial charge < -0.3 is 19.4 Å². The molecule has 0 spiro atoms. The Morgan fingerprint density at radius 1 is 0.909 bits per heavy atom. The quantitative estimate of drug-likeness (QED) is 0.588. The molecule has 2 fully saturated rings. The molecule has 8 nitrogen and oxygen atoms in total. The van der Waals surface area contributed by atoms with Gasteiger partial charge in [0, 0.05) is 56.6 Å². The zero-order valence-corrected chi connectivity index (χ0v) is 19.8. The summed E-state index contributed by atoms with van der Waals surface area (Å²) >= 11 is 1.48. The number of thiazole rings is 1. The number of benzene rings is 1. The molecule has 0 N–H and O–H groups in total. The number of aryl methyl sites for hydroxylation is 2. The van der Waals surface area contributed by atoms with Crippen LogP contribution in [0.25, 0.3) is 10.6 Å². The van der Waals surface area contributed by atoms with Gasteiger partial charge in [0.1, 0.15) is 15.7 Å². The first-order valence-corrected chi connectivity index (χ1v) is 12.2. The van der Waals surface area contributed by atoms with Crippen LogP contribution < -0.4 is 9.80 Å². The van der Waals surface area contributed by atoms with Gasteiger partial charge in [0.2, 0.25) is 5.95 Å². The summed E-state index contributed by atoms with van der Waals surface area (Å²) in [6.45, 7) is 9.76. The highest BCUT2D eigenvalue weighted by Crippen LogP contribution is 2.29. The summed E-state index contributed by atoms with van der Waals surface area (Å²) in [6, 6.07) is 12.1. The van der Waals surface area contributed by atoms with Crippen molar-refractivity contribution in [3.05, 3.63) is 52.7 Å². The molecule has 172 valence electrons. The van der Waals surface area contributed by atoms with Crippen molar-refractivity contribution in [2.45, 2.75) is 13.8 Å². The number of carbonyl (C=O) groups excluding carboxylic acids is 1. The second-order valence-corrected chi connectivity index (χ2v) is 9.34. The van der Waals surface area contributed by atoms with Crippen molar-refractivity contribution < 1.29 is 9.53 Å². The number of amides is 1. The minimum Gasteiger partial charge on any atom is -0.378 e. The van der Waals surface area contributed by atoms with Crippen molar-refractivity contribution >= 4 is 29.0 Å². The maximum Gasteiger partial charge on any atom is 0.265 e. The van der Waals surface area contributed by atoms with Gasteiger partial charge in [-0.25, -0.2) is 9.97 Å². The van der Waals surface area contributed by atoms with Crippen molar-refractivity contribution in [1.29, 1.82) is 0 Å². The van der Waals surface area contributed by atoms with E-state index in [1.807, 2.05) is 55.1 Å². The van der Waals surface area contributed by atoms with Crippen LogP contribution in [0.5, 0.6) is 0 Å². The third-order valence-electron chi connectivity index (χ3n) is 6.03. The molecular weight excluding hydrogens is 436 g/mol. The molecule has 9 heteroatoms. The topological polar surface area (TPSA) is 74.7 Å². The largest absolute Gasteiger partial charge is 0.378 e. The lowest BCUT2D eigenvalue weighted by molar-refractivity contribution is 0.0750. The predicted molar refractivity (Wildman–Crippen MR) is 130 cm³/mol. The van der Waals surface area contributed by atoms with E-state index in [0.717, 1.165) is 64.8 Å². The van der Waals surface area contributed by atoms with Crippen LogP contribution in [0.4, 0.5) is 11.8 Å². The van der Waals surface area contributed by atoms with E-state index in [1.54, 1.807) is 0 Å². The van der Waals surface area contributed by atoms with Crippen LogP contribution in [0.3, 0.4) is 0 Å². The minimum atomic E-state index is 0.0692. The number of piperazine rings is 1. The van der Waals surface area contributed by atoms with E-state index in [1.165, 1.54) is 11.3 Å². The molecule has 33 heavy (non-hydrogen) atoms. The Morgan fingerprint density at radius 3 is 2.36 bits per heavy atom. The van der Waals surface area contributed by atoms with Gasteiger partial charge in [0.05, 0.1) is 18.9 Å². The van der Waals surface area contributed by atoms with Gasteiger partial charge in [-0.05, 0) is 13.8 Å².